The molecule has 0 saturated carbocycles. The van der Waals surface area contributed by atoms with Crippen LogP contribution in [0.5, 0.6) is 0 Å². The van der Waals surface area contributed by atoms with Crippen molar-refractivity contribution >= 4 is 60.5 Å². The highest BCUT2D eigenvalue weighted by Gasteiger charge is 2.22. The fourth-order valence-corrected chi connectivity index (χ4v) is 7.78. The van der Waals surface area contributed by atoms with Gasteiger partial charge in [0.25, 0.3) is 0 Å². The Morgan fingerprint density at radius 3 is 1.56 bits per heavy atom. The molecule has 0 aliphatic carbocycles. The summed E-state index contributed by atoms with van der Waals surface area (Å²) < 4.78 is 7.02. The summed E-state index contributed by atoms with van der Waals surface area (Å²) in [6.45, 7) is 0. The van der Waals surface area contributed by atoms with Gasteiger partial charge in [-0.05, 0) is 79.7 Å². The Morgan fingerprint density at radius 1 is 0.308 bits per heavy atom. The molecule has 0 spiro atoms. The Bertz CT molecular complexity index is 2890. The SMILES string of the molecule is c1ccc(-c2ccc(N(c3ccc4ccc5ccccc5c4c3)c3cccc4c3oc3c(-c5ccccc5)cccc34)cc2-c2ccccc2)cc1. The van der Waals surface area contributed by atoms with E-state index < -0.39 is 0 Å². The molecule has 0 N–H and O–H groups in total. The molecule has 1 heterocycles. The number of hydrogen-bond acceptors (Lipinski definition) is 2. The van der Waals surface area contributed by atoms with Crippen LogP contribution in [0.15, 0.2) is 205 Å². The van der Waals surface area contributed by atoms with Crippen LogP contribution in [-0.2, 0) is 0 Å². The number of nitrogens with zero attached hydrogens (tertiary/aromatic N) is 1. The summed E-state index contributed by atoms with van der Waals surface area (Å²) in [5, 5.41) is 7.08. The third-order valence-corrected chi connectivity index (χ3v) is 10.2. The zero-order valence-corrected chi connectivity index (χ0v) is 28.4. The van der Waals surface area contributed by atoms with Crippen LogP contribution in [0.1, 0.15) is 0 Å². The van der Waals surface area contributed by atoms with Crippen LogP contribution >= 0.6 is 0 Å². The zero-order chi connectivity index (χ0) is 34.4. The van der Waals surface area contributed by atoms with Crippen LogP contribution in [0.25, 0.3) is 76.9 Å². The van der Waals surface area contributed by atoms with E-state index in [0.717, 1.165) is 50.1 Å². The lowest BCUT2D eigenvalue weighted by atomic mass is 9.93. The molecule has 0 aliphatic heterocycles. The quantitative estimate of drug-likeness (QED) is 0.165. The first-order chi connectivity index (χ1) is 25.8. The van der Waals surface area contributed by atoms with Crippen molar-refractivity contribution in [3.8, 4) is 33.4 Å². The fourth-order valence-electron chi connectivity index (χ4n) is 7.78. The first-order valence-corrected chi connectivity index (χ1v) is 17.8. The number of hydrogen-bond donors (Lipinski definition) is 0. The van der Waals surface area contributed by atoms with Crippen LogP contribution < -0.4 is 4.90 Å². The van der Waals surface area contributed by atoms with Crippen molar-refractivity contribution in [2.75, 3.05) is 4.90 Å². The molecule has 10 rings (SSSR count). The number of rotatable bonds is 6. The van der Waals surface area contributed by atoms with Gasteiger partial charge in [0.1, 0.15) is 5.58 Å². The van der Waals surface area contributed by atoms with E-state index in [4.69, 9.17) is 4.42 Å². The van der Waals surface area contributed by atoms with Crippen LogP contribution in [-0.4, -0.2) is 0 Å². The number of para-hydroxylation sites is 2. The predicted octanol–water partition coefficient (Wildman–Crippen LogP) is 14.4. The van der Waals surface area contributed by atoms with E-state index in [1.54, 1.807) is 0 Å². The largest absolute Gasteiger partial charge is 0.453 e. The highest BCUT2D eigenvalue weighted by atomic mass is 16.3. The van der Waals surface area contributed by atoms with Gasteiger partial charge in [-0.15, -0.1) is 0 Å². The molecule has 0 unspecified atom stereocenters. The first-order valence-electron chi connectivity index (χ1n) is 17.8. The Kier molecular flexibility index (Phi) is 7.18. The molecule has 10 aromatic rings. The van der Waals surface area contributed by atoms with Gasteiger partial charge < -0.3 is 9.32 Å². The molecule has 0 atom stereocenters. The minimum Gasteiger partial charge on any atom is -0.453 e. The standard InChI is InChI=1S/C50H33NO/c1-4-14-34(15-5-1)42-31-30-40(33-46(42)36-18-8-3-9-19-36)51(39-29-28-38-27-26-37-20-10-11-21-41(37)47(38)32-39)48-25-13-24-45-44-23-12-22-43(49(44)52-50(45)48)35-16-6-2-7-17-35/h1-33H. The van der Waals surface area contributed by atoms with E-state index in [1.807, 2.05) is 0 Å². The molecule has 244 valence electrons. The third-order valence-electron chi connectivity index (χ3n) is 10.2. The molecule has 2 heteroatoms. The minimum atomic E-state index is 0.854. The summed E-state index contributed by atoms with van der Waals surface area (Å²) in [5.74, 6) is 0. The summed E-state index contributed by atoms with van der Waals surface area (Å²) in [4.78, 5) is 2.37. The molecular formula is C50H33NO. The van der Waals surface area contributed by atoms with E-state index in [9.17, 15) is 0 Å². The molecule has 52 heavy (non-hydrogen) atoms. The number of fused-ring (bicyclic) bond motifs is 6. The van der Waals surface area contributed by atoms with Crippen LogP contribution in [0.4, 0.5) is 17.1 Å². The van der Waals surface area contributed by atoms with Gasteiger partial charge in [0.2, 0.25) is 0 Å². The molecule has 2 nitrogen and oxygen atoms in total. The molecule has 1 aromatic heterocycles. The smallest absolute Gasteiger partial charge is 0.159 e. The summed E-state index contributed by atoms with van der Waals surface area (Å²) in [7, 11) is 0. The fraction of sp³-hybridized carbons (Fsp3) is 0. The highest BCUT2D eigenvalue weighted by molar-refractivity contribution is 6.14. The van der Waals surface area contributed by atoms with Crippen molar-refractivity contribution in [1.29, 1.82) is 0 Å². The van der Waals surface area contributed by atoms with Crippen molar-refractivity contribution in [2.24, 2.45) is 0 Å². The molecule has 0 amide bonds. The monoisotopic (exact) mass is 663 g/mol. The Balaban J connectivity index is 1.26. The Labute approximate surface area is 302 Å². The number of anilines is 3. The molecule has 0 aliphatic rings. The second kappa shape index (κ2) is 12.5. The maximum Gasteiger partial charge on any atom is 0.159 e. The van der Waals surface area contributed by atoms with Crippen molar-refractivity contribution in [3.63, 3.8) is 0 Å². The average molecular weight is 664 g/mol. The maximum absolute atomic E-state index is 7.02. The molecular weight excluding hydrogens is 631 g/mol. The average Bonchev–Trinajstić information content (AvgIpc) is 3.62. The number of furan rings is 1. The van der Waals surface area contributed by atoms with E-state index in [-0.39, 0.29) is 0 Å². The van der Waals surface area contributed by atoms with Crippen molar-refractivity contribution in [3.05, 3.63) is 200 Å². The minimum absolute atomic E-state index is 0.854. The summed E-state index contributed by atoms with van der Waals surface area (Å²) in [6, 6.07) is 71.6. The van der Waals surface area contributed by atoms with E-state index >= 15 is 0 Å². The van der Waals surface area contributed by atoms with Crippen molar-refractivity contribution < 1.29 is 4.42 Å². The Hall–Kier alpha value is -6.90. The third kappa shape index (κ3) is 5.04. The first kappa shape index (κ1) is 30.0. The maximum atomic E-state index is 7.02. The lowest BCUT2D eigenvalue weighted by molar-refractivity contribution is 0.670. The second-order valence-corrected chi connectivity index (χ2v) is 13.3. The molecule has 0 saturated heterocycles. The predicted molar refractivity (Wildman–Crippen MR) is 220 cm³/mol. The van der Waals surface area contributed by atoms with Gasteiger partial charge in [-0.2, -0.15) is 0 Å². The van der Waals surface area contributed by atoms with Crippen molar-refractivity contribution in [1.82, 2.24) is 0 Å². The van der Waals surface area contributed by atoms with Crippen molar-refractivity contribution in [2.45, 2.75) is 0 Å². The van der Waals surface area contributed by atoms with E-state index in [1.165, 1.54) is 43.8 Å². The van der Waals surface area contributed by atoms with Crippen LogP contribution in [0.2, 0.25) is 0 Å². The lowest BCUT2D eigenvalue weighted by Gasteiger charge is -2.27. The zero-order valence-electron chi connectivity index (χ0n) is 28.4. The lowest BCUT2D eigenvalue weighted by Crippen LogP contribution is -2.10. The summed E-state index contributed by atoms with van der Waals surface area (Å²) >= 11 is 0. The summed E-state index contributed by atoms with van der Waals surface area (Å²) in [6.07, 6.45) is 0. The second-order valence-electron chi connectivity index (χ2n) is 13.3. The molecule has 0 radical (unpaired) electrons. The molecule has 0 bridgehead atoms. The van der Waals surface area contributed by atoms with E-state index in [2.05, 4.69) is 205 Å². The number of benzene rings is 9. The van der Waals surface area contributed by atoms with Gasteiger partial charge in [0.05, 0.1) is 5.69 Å². The van der Waals surface area contributed by atoms with Crippen LogP contribution in [0, 0.1) is 0 Å². The van der Waals surface area contributed by atoms with Gasteiger partial charge in [0, 0.05) is 27.7 Å². The van der Waals surface area contributed by atoms with Gasteiger partial charge >= 0.3 is 0 Å². The van der Waals surface area contributed by atoms with Gasteiger partial charge in [0.15, 0.2) is 5.58 Å². The Morgan fingerprint density at radius 2 is 0.827 bits per heavy atom. The van der Waals surface area contributed by atoms with E-state index in [0.29, 0.717) is 0 Å². The molecule has 0 fully saturated rings. The van der Waals surface area contributed by atoms with Gasteiger partial charge in [-0.25, -0.2) is 0 Å². The summed E-state index contributed by atoms with van der Waals surface area (Å²) in [5.41, 5.74) is 11.8. The highest BCUT2D eigenvalue weighted by Crippen LogP contribution is 2.46. The normalized spacial score (nSPS) is 11.5. The molecule has 9 aromatic carbocycles. The van der Waals surface area contributed by atoms with Gasteiger partial charge in [-0.3, -0.25) is 0 Å². The topological polar surface area (TPSA) is 16.4 Å². The van der Waals surface area contributed by atoms with Crippen LogP contribution in [0.3, 0.4) is 0 Å². The van der Waals surface area contributed by atoms with Gasteiger partial charge in [-0.1, -0.05) is 170 Å².